The molecular weight excluding hydrogens is 206 g/mol. The second-order valence-corrected chi connectivity index (χ2v) is 5.43. The van der Waals surface area contributed by atoms with Gasteiger partial charge >= 0.3 is 0 Å². The monoisotopic (exact) mass is 231 g/mol. The number of hydrogen-bond donors (Lipinski definition) is 0. The van der Waals surface area contributed by atoms with E-state index in [4.69, 9.17) is 0 Å². The van der Waals surface area contributed by atoms with Gasteiger partial charge in [-0.25, -0.2) is 0 Å². The van der Waals surface area contributed by atoms with Crippen LogP contribution in [0.25, 0.3) is 0 Å². The molecule has 1 saturated heterocycles. The van der Waals surface area contributed by atoms with Crippen molar-refractivity contribution >= 4 is 0 Å². The van der Waals surface area contributed by atoms with Crippen LogP contribution in [0.4, 0.5) is 0 Å². The zero-order chi connectivity index (χ0) is 11.9. The highest BCUT2D eigenvalue weighted by molar-refractivity contribution is 5.20. The number of piperidine rings is 1. The fourth-order valence-corrected chi connectivity index (χ4v) is 2.41. The highest BCUT2D eigenvalue weighted by Crippen LogP contribution is 2.25. The molecule has 0 amide bonds. The predicted molar refractivity (Wildman–Crippen MR) is 74.4 cm³/mol. The molecule has 0 N–H and O–H groups in total. The summed E-state index contributed by atoms with van der Waals surface area (Å²) in [5.41, 5.74) is 1.51. The quantitative estimate of drug-likeness (QED) is 0.704. The molecule has 0 bridgehead atoms. The molecule has 0 spiro atoms. The van der Waals surface area contributed by atoms with E-state index in [2.05, 4.69) is 42.3 Å². The lowest BCUT2D eigenvalue weighted by Crippen LogP contribution is -2.30. The average molecular weight is 231 g/mol. The van der Waals surface area contributed by atoms with Crippen LogP contribution in [-0.2, 0) is 0 Å². The van der Waals surface area contributed by atoms with Gasteiger partial charge in [0.05, 0.1) is 0 Å². The van der Waals surface area contributed by atoms with Crippen LogP contribution in [0.15, 0.2) is 30.3 Å². The zero-order valence-corrected chi connectivity index (χ0v) is 11.1. The lowest BCUT2D eigenvalue weighted by Gasteiger charge is -2.29. The van der Waals surface area contributed by atoms with Crippen molar-refractivity contribution in [2.24, 2.45) is 0 Å². The third-order valence-electron chi connectivity index (χ3n) is 3.90. The molecule has 1 atom stereocenters. The van der Waals surface area contributed by atoms with Crippen LogP contribution in [-0.4, -0.2) is 25.0 Å². The number of hydrogen-bond acceptors (Lipinski definition) is 1. The minimum Gasteiger partial charge on any atom is -0.306 e. The van der Waals surface area contributed by atoms with Gasteiger partial charge in [0.1, 0.15) is 0 Å². The normalized spacial score (nSPS) is 24.4. The highest BCUT2D eigenvalue weighted by Gasteiger charge is 2.17. The summed E-state index contributed by atoms with van der Waals surface area (Å²) in [6.45, 7) is 2.49. The lowest BCUT2D eigenvalue weighted by atomic mass is 9.91. The minimum atomic E-state index is 0.764. The summed E-state index contributed by atoms with van der Waals surface area (Å²) in [5, 5.41) is 0. The van der Waals surface area contributed by atoms with Crippen LogP contribution in [0.1, 0.15) is 50.0 Å². The van der Waals surface area contributed by atoms with Crippen LogP contribution in [0.5, 0.6) is 0 Å². The van der Waals surface area contributed by atoms with Gasteiger partial charge in [-0.3, -0.25) is 0 Å². The van der Waals surface area contributed by atoms with E-state index < -0.39 is 0 Å². The van der Waals surface area contributed by atoms with Crippen LogP contribution in [0.3, 0.4) is 0 Å². The van der Waals surface area contributed by atoms with Crippen molar-refractivity contribution in [3.05, 3.63) is 35.9 Å². The summed E-state index contributed by atoms with van der Waals surface area (Å²) < 4.78 is 0. The summed E-state index contributed by atoms with van der Waals surface area (Å²) in [5.74, 6) is 0.764. The van der Waals surface area contributed by atoms with Gasteiger partial charge in [-0.1, -0.05) is 56.0 Å². The van der Waals surface area contributed by atoms with E-state index in [0.717, 1.165) is 5.92 Å². The van der Waals surface area contributed by atoms with Gasteiger partial charge in [0.2, 0.25) is 0 Å². The van der Waals surface area contributed by atoms with Crippen LogP contribution in [0, 0.1) is 0 Å². The first kappa shape index (κ1) is 12.6. The Labute approximate surface area is 106 Å². The van der Waals surface area contributed by atoms with Crippen molar-refractivity contribution in [2.45, 2.75) is 44.4 Å². The van der Waals surface area contributed by atoms with E-state index in [0.29, 0.717) is 0 Å². The Morgan fingerprint density at radius 1 is 0.941 bits per heavy atom. The number of benzene rings is 1. The first-order valence-electron chi connectivity index (χ1n) is 7.10. The number of likely N-dealkylation sites (N-methyl/N-ethyl adjacent to an activating group) is 1. The molecule has 1 heterocycles. The molecule has 1 aliphatic heterocycles. The average Bonchev–Trinajstić information content (AvgIpc) is 2.28. The molecule has 3 rings (SSSR count). The van der Waals surface area contributed by atoms with Gasteiger partial charge < -0.3 is 4.90 Å². The Kier molecular flexibility index (Phi) is 5.06. The molecule has 0 aromatic heterocycles. The fraction of sp³-hybridized carbons (Fsp3) is 0.625. The molecule has 17 heavy (non-hydrogen) atoms. The molecule has 1 aliphatic carbocycles. The molecule has 2 aliphatic rings. The molecule has 1 aromatic rings. The van der Waals surface area contributed by atoms with Crippen molar-refractivity contribution in [1.29, 1.82) is 0 Å². The van der Waals surface area contributed by atoms with Gasteiger partial charge in [0.25, 0.3) is 0 Å². The second-order valence-electron chi connectivity index (χ2n) is 5.43. The maximum Gasteiger partial charge on any atom is 0.00472 e. The third kappa shape index (κ3) is 4.16. The number of rotatable bonds is 1. The zero-order valence-electron chi connectivity index (χ0n) is 11.1. The summed E-state index contributed by atoms with van der Waals surface area (Å²) in [6.07, 6.45) is 8.70. The first-order chi connectivity index (χ1) is 8.36. The molecule has 1 heteroatoms. The summed E-state index contributed by atoms with van der Waals surface area (Å²) in [4.78, 5) is 2.43. The third-order valence-corrected chi connectivity index (χ3v) is 3.90. The molecule has 2 fully saturated rings. The topological polar surface area (TPSA) is 3.24 Å². The van der Waals surface area contributed by atoms with Crippen LogP contribution in [0.2, 0.25) is 0 Å². The van der Waals surface area contributed by atoms with Gasteiger partial charge in [0.15, 0.2) is 0 Å². The summed E-state index contributed by atoms with van der Waals surface area (Å²) in [7, 11) is 2.22. The van der Waals surface area contributed by atoms with Crippen LogP contribution >= 0.6 is 0 Å². The number of likely N-dealkylation sites (tertiary alicyclic amines) is 1. The second kappa shape index (κ2) is 6.80. The van der Waals surface area contributed by atoms with Crippen molar-refractivity contribution in [3.8, 4) is 0 Å². The van der Waals surface area contributed by atoms with E-state index in [1.807, 2.05) is 0 Å². The Morgan fingerprint density at radius 3 is 2.12 bits per heavy atom. The Bertz CT molecular complexity index is 299. The van der Waals surface area contributed by atoms with E-state index in [1.165, 1.54) is 57.2 Å². The highest BCUT2D eigenvalue weighted by atomic mass is 15.1. The Morgan fingerprint density at radius 2 is 1.59 bits per heavy atom. The van der Waals surface area contributed by atoms with E-state index >= 15 is 0 Å². The molecular formula is C16H25N. The molecule has 0 radical (unpaired) electrons. The Hall–Kier alpha value is -0.820. The van der Waals surface area contributed by atoms with Gasteiger partial charge in [-0.15, -0.1) is 0 Å². The summed E-state index contributed by atoms with van der Waals surface area (Å²) in [6, 6.07) is 10.9. The Balaban J connectivity index is 0.000000228. The molecule has 94 valence electrons. The standard InChI is InChI=1S/C12H17N.C4H8/c1-13-9-5-8-12(10-13)11-6-3-2-4-7-11;1-2-4-3-1/h2-4,6-7,12H,5,8-10H2,1H3;1-4H2. The fourth-order valence-electron chi connectivity index (χ4n) is 2.41. The van der Waals surface area contributed by atoms with Crippen molar-refractivity contribution in [2.75, 3.05) is 20.1 Å². The van der Waals surface area contributed by atoms with Gasteiger partial charge in [-0.05, 0) is 37.9 Å². The number of nitrogens with zero attached hydrogens (tertiary/aromatic N) is 1. The van der Waals surface area contributed by atoms with Gasteiger partial charge in [-0.2, -0.15) is 0 Å². The maximum absolute atomic E-state index is 2.43. The molecule has 1 unspecified atom stereocenters. The molecule has 1 nitrogen and oxygen atoms in total. The van der Waals surface area contributed by atoms with Crippen LogP contribution < -0.4 is 0 Å². The largest absolute Gasteiger partial charge is 0.306 e. The SMILES string of the molecule is C1CCC1.CN1CCCC(c2ccccc2)C1. The first-order valence-corrected chi connectivity index (χ1v) is 7.10. The molecule has 1 aromatic carbocycles. The lowest BCUT2D eigenvalue weighted by molar-refractivity contribution is 0.251. The minimum absolute atomic E-state index is 0.764. The van der Waals surface area contributed by atoms with Gasteiger partial charge in [0, 0.05) is 6.54 Å². The summed E-state index contributed by atoms with van der Waals surface area (Å²) >= 11 is 0. The molecule has 1 saturated carbocycles. The predicted octanol–water partition coefficient (Wildman–Crippen LogP) is 4.06. The smallest absolute Gasteiger partial charge is 0.00472 e. The van der Waals surface area contributed by atoms with E-state index in [9.17, 15) is 0 Å². The van der Waals surface area contributed by atoms with Crippen molar-refractivity contribution in [1.82, 2.24) is 4.90 Å². The van der Waals surface area contributed by atoms with E-state index in [-0.39, 0.29) is 0 Å². The maximum atomic E-state index is 2.43. The van der Waals surface area contributed by atoms with Crippen molar-refractivity contribution in [3.63, 3.8) is 0 Å². The van der Waals surface area contributed by atoms with E-state index in [1.54, 1.807) is 0 Å². The van der Waals surface area contributed by atoms with Crippen molar-refractivity contribution < 1.29 is 0 Å².